The molecule has 0 bridgehead atoms. The van der Waals surface area contributed by atoms with Gasteiger partial charge in [-0.2, -0.15) is 5.10 Å². The number of rotatable bonds is 4. The van der Waals surface area contributed by atoms with Gasteiger partial charge in [0.05, 0.1) is 12.6 Å². The van der Waals surface area contributed by atoms with E-state index in [9.17, 15) is 14.4 Å². The Hall–Kier alpha value is -2.90. The molecule has 21 heavy (non-hydrogen) atoms. The van der Waals surface area contributed by atoms with Crippen molar-refractivity contribution in [3.05, 3.63) is 55.7 Å². The Bertz CT molecular complexity index is 797. The summed E-state index contributed by atoms with van der Waals surface area (Å²) in [5.41, 5.74) is 1.64. The highest BCUT2D eigenvalue weighted by atomic mass is 16.3. The molecule has 0 aliphatic carbocycles. The summed E-state index contributed by atoms with van der Waals surface area (Å²) in [6.45, 7) is 3.34. The molecule has 2 rings (SSSR count). The minimum Gasteiger partial charge on any atom is -0.460 e. The van der Waals surface area contributed by atoms with E-state index in [1.165, 1.54) is 6.21 Å². The fourth-order valence-corrected chi connectivity index (χ4v) is 1.73. The summed E-state index contributed by atoms with van der Waals surface area (Å²) in [5, 5.41) is 3.73. The van der Waals surface area contributed by atoms with Crippen LogP contribution in [0.3, 0.4) is 0 Å². The van der Waals surface area contributed by atoms with Crippen molar-refractivity contribution >= 4 is 12.1 Å². The van der Waals surface area contributed by atoms with E-state index in [0.29, 0.717) is 11.5 Å². The molecule has 0 aliphatic heterocycles. The van der Waals surface area contributed by atoms with E-state index in [1.54, 1.807) is 26.0 Å². The lowest BCUT2D eigenvalue weighted by molar-refractivity contribution is -0.120. The molecule has 110 valence electrons. The van der Waals surface area contributed by atoms with Crippen LogP contribution in [0.25, 0.3) is 0 Å². The monoisotopic (exact) mass is 290 g/mol. The largest absolute Gasteiger partial charge is 0.460 e. The molecule has 1 amide bonds. The van der Waals surface area contributed by atoms with Gasteiger partial charge in [0.2, 0.25) is 5.91 Å². The molecule has 0 saturated heterocycles. The molecule has 2 heterocycles. The maximum absolute atomic E-state index is 11.7. The number of furan rings is 1. The number of nitrogens with one attached hydrogen (secondary N) is 3. The van der Waals surface area contributed by atoms with Crippen molar-refractivity contribution in [1.29, 1.82) is 0 Å². The average molecular weight is 290 g/mol. The summed E-state index contributed by atoms with van der Waals surface area (Å²) in [4.78, 5) is 38.8. The first kappa shape index (κ1) is 14.5. The van der Waals surface area contributed by atoms with Crippen LogP contribution in [0.2, 0.25) is 0 Å². The maximum Gasteiger partial charge on any atom is 0.325 e. The van der Waals surface area contributed by atoms with Gasteiger partial charge in [0, 0.05) is 11.3 Å². The molecule has 3 N–H and O–H groups in total. The summed E-state index contributed by atoms with van der Waals surface area (Å²) < 4.78 is 5.24. The Labute approximate surface area is 118 Å². The zero-order valence-corrected chi connectivity index (χ0v) is 11.5. The number of hydrogen-bond donors (Lipinski definition) is 3. The van der Waals surface area contributed by atoms with Gasteiger partial charge in [-0.3, -0.25) is 14.6 Å². The Balaban J connectivity index is 2.01. The van der Waals surface area contributed by atoms with Crippen molar-refractivity contribution in [2.75, 3.05) is 0 Å². The number of amides is 1. The van der Waals surface area contributed by atoms with E-state index >= 15 is 0 Å². The van der Waals surface area contributed by atoms with Crippen molar-refractivity contribution in [3.63, 3.8) is 0 Å². The normalized spacial score (nSPS) is 11.0. The first-order valence-corrected chi connectivity index (χ1v) is 6.16. The molecule has 0 fully saturated rings. The number of aromatic amines is 2. The molecule has 8 heteroatoms. The number of aryl methyl sites for hydroxylation is 2. The van der Waals surface area contributed by atoms with Gasteiger partial charge >= 0.3 is 5.69 Å². The van der Waals surface area contributed by atoms with Gasteiger partial charge < -0.3 is 9.40 Å². The summed E-state index contributed by atoms with van der Waals surface area (Å²) >= 11 is 0. The van der Waals surface area contributed by atoms with Crippen molar-refractivity contribution in [1.82, 2.24) is 15.4 Å². The Kier molecular flexibility index (Phi) is 4.17. The highest BCUT2D eigenvalue weighted by Gasteiger charge is 2.10. The molecule has 2 aromatic heterocycles. The summed E-state index contributed by atoms with van der Waals surface area (Å²) in [7, 11) is 0. The Morgan fingerprint density at radius 1 is 1.33 bits per heavy atom. The lowest BCUT2D eigenvalue weighted by atomic mass is 10.1. The number of carbonyl (C=O) groups excluding carboxylic acids is 1. The van der Waals surface area contributed by atoms with E-state index in [0.717, 1.165) is 5.76 Å². The highest BCUT2D eigenvalue weighted by Crippen LogP contribution is 2.02. The smallest absolute Gasteiger partial charge is 0.325 e. The van der Waals surface area contributed by atoms with Crippen molar-refractivity contribution in [2.24, 2.45) is 5.10 Å². The van der Waals surface area contributed by atoms with Crippen LogP contribution in [0, 0.1) is 13.8 Å². The van der Waals surface area contributed by atoms with Gasteiger partial charge in [0.15, 0.2) is 0 Å². The lowest BCUT2D eigenvalue weighted by Crippen LogP contribution is -2.30. The van der Waals surface area contributed by atoms with Crippen LogP contribution < -0.4 is 16.7 Å². The number of aromatic nitrogens is 2. The van der Waals surface area contributed by atoms with Crippen LogP contribution >= 0.6 is 0 Å². The second-order valence-corrected chi connectivity index (χ2v) is 4.43. The van der Waals surface area contributed by atoms with Crippen molar-refractivity contribution < 1.29 is 9.21 Å². The molecule has 0 atom stereocenters. The first-order valence-electron chi connectivity index (χ1n) is 6.16. The third kappa shape index (κ3) is 3.78. The lowest BCUT2D eigenvalue weighted by Gasteiger charge is -2.02. The predicted molar refractivity (Wildman–Crippen MR) is 75.3 cm³/mol. The first-order chi connectivity index (χ1) is 9.95. The van der Waals surface area contributed by atoms with Crippen LogP contribution in [-0.2, 0) is 11.2 Å². The molecule has 0 aliphatic rings. The van der Waals surface area contributed by atoms with Crippen LogP contribution in [0.15, 0.2) is 31.2 Å². The number of H-pyrrole nitrogens is 2. The summed E-state index contributed by atoms with van der Waals surface area (Å²) in [6, 6.07) is 3.48. The standard InChI is InChI=1S/C13H14N4O4/c1-7-3-4-9(21-7)6-14-17-11(18)5-10-8(2)15-13(20)16-12(10)19/h3-4,6H,5H2,1-2H3,(H,17,18)(H2,15,16,19,20)/b14-6-. The van der Waals surface area contributed by atoms with Gasteiger partial charge in [-0.15, -0.1) is 0 Å². The molecule has 8 nitrogen and oxygen atoms in total. The molecule has 0 saturated carbocycles. The van der Waals surface area contributed by atoms with Crippen LogP contribution in [0.4, 0.5) is 0 Å². The van der Waals surface area contributed by atoms with Crippen molar-refractivity contribution in [3.8, 4) is 0 Å². The van der Waals surface area contributed by atoms with E-state index < -0.39 is 17.2 Å². The zero-order valence-electron chi connectivity index (χ0n) is 11.5. The third-order valence-corrected chi connectivity index (χ3v) is 2.73. The minimum atomic E-state index is -0.604. The fraction of sp³-hybridized carbons (Fsp3) is 0.231. The molecule has 0 spiro atoms. The molecular formula is C13H14N4O4. The minimum absolute atomic E-state index is 0.188. The van der Waals surface area contributed by atoms with Gasteiger partial charge in [0.25, 0.3) is 5.56 Å². The quantitative estimate of drug-likeness (QED) is 0.540. The maximum atomic E-state index is 11.7. The van der Waals surface area contributed by atoms with Crippen LogP contribution in [-0.4, -0.2) is 22.1 Å². The average Bonchev–Trinajstić information content (AvgIpc) is 2.79. The summed E-state index contributed by atoms with van der Waals surface area (Å²) in [5.74, 6) is 0.763. The molecule has 0 radical (unpaired) electrons. The highest BCUT2D eigenvalue weighted by molar-refractivity contribution is 5.81. The fourth-order valence-electron chi connectivity index (χ4n) is 1.73. The summed E-state index contributed by atoms with van der Waals surface area (Å²) in [6.07, 6.45) is 1.17. The van der Waals surface area contributed by atoms with Crippen LogP contribution in [0.5, 0.6) is 0 Å². The van der Waals surface area contributed by atoms with Crippen molar-refractivity contribution in [2.45, 2.75) is 20.3 Å². The molecule has 0 aromatic carbocycles. The zero-order chi connectivity index (χ0) is 15.4. The van der Waals surface area contributed by atoms with E-state index in [-0.39, 0.29) is 12.0 Å². The predicted octanol–water partition coefficient (Wildman–Crippen LogP) is -0.0342. The molecule has 2 aromatic rings. The number of hydrogen-bond acceptors (Lipinski definition) is 5. The van der Waals surface area contributed by atoms with E-state index in [1.807, 2.05) is 0 Å². The van der Waals surface area contributed by atoms with Gasteiger partial charge in [-0.05, 0) is 26.0 Å². The molecule has 0 unspecified atom stereocenters. The molecular weight excluding hydrogens is 276 g/mol. The second-order valence-electron chi connectivity index (χ2n) is 4.43. The number of carbonyl (C=O) groups is 1. The Morgan fingerprint density at radius 2 is 2.10 bits per heavy atom. The van der Waals surface area contributed by atoms with Gasteiger partial charge in [0.1, 0.15) is 11.5 Å². The number of nitrogens with zero attached hydrogens (tertiary/aromatic N) is 1. The topological polar surface area (TPSA) is 120 Å². The van der Waals surface area contributed by atoms with Gasteiger partial charge in [-0.1, -0.05) is 0 Å². The van der Waals surface area contributed by atoms with Gasteiger partial charge in [-0.25, -0.2) is 10.2 Å². The third-order valence-electron chi connectivity index (χ3n) is 2.73. The number of hydrazone groups is 1. The Morgan fingerprint density at radius 3 is 2.71 bits per heavy atom. The SMILES string of the molecule is Cc1ccc(/C=N\NC(=O)Cc2c(C)[nH]c(=O)[nH]c2=O)o1. The van der Waals surface area contributed by atoms with E-state index in [2.05, 4.69) is 20.5 Å². The van der Waals surface area contributed by atoms with E-state index in [4.69, 9.17) is 4.42 Å². The second kappa shape index (κ2) is 6.04. The van der Waals surface area contributed by atoms with Crippen LogP contribution in [0.1, 0.15) is 22.8 Å².